The number of aromatic nitrogens is 2. The SMILES string of the molecule is CCOc1ccc(C(C)=O)cc1CSc1nc2sc3c(c2c(=O)n1-c1ccccc1OC)CCC3. The fraction of sp³-hybridized carbons (Fsp3) is 0.296. The van der Waals surface area contributed by atoms with E-state index in [0.717, 1.165) is 46.4 Å². The first kappa shape index (κ1) is 23.6. The summed E-state index contributed by atoms with van der Waals surface area (Å²) in [5, 5.41) is 1.31. The number of carbonyl (C=O) groups is 1. The fourth-order valence-electron chi connectivity index (χ4n) is 4.50. The summed E-state index contributed by atoms with van der Waals surface area (Å²) >= 11 is 3.09. The number of benzene rings is 2. The van der Waals surface area contributed by atoms with Crippen LogP contribution in [-0.4, -0.2) is 29.1 Å². The zero-order valence-electron chi connectivity index (χ0n) is 19.9. The average molecular weight is 507 g/mol. The summed E-state index contributed by atoms with van der Waals surface area (Å²) < 4.78 is 13.1. The van der Waals surface area contributed by atoms with Gasteiger partial charge >= 0.3 is 0 Å². The van der Waals surface area contributed by atoms with Crippen LogP contribution in [0.2, 0.25) is 0 Å². The highest BCUT2D eigenvalue weighted by Crippen LogP contribution is 2.38. The van der Waals surface area contributed by atoms with Crippen LogP contribution in [0.15, 0.2) is 52.4 Å². The third kappa shape index (κ3) is 4.36. The zero-order chi connectivity index (χ0) is 24.5. The van der Waals surface area contributed by atoms with Crippen molar-refractivity contribution in [1.29, 1.82) is 0 Å². The second kappa shape index (κ2) is 9.87. The van der Waals surface area contributed by atoms with E-state index in [9.17, 15) is 9.59 Å². The van der Waals surface area contributed by atoms with Crippen molar-refractivity contribution >= 4 is 39.1 Å². The molecule has 1 aliphatic carbocycles. The van der Waals surface area contributed by atoms with E-state index in [4.69, 9.17) is 14.5 Å². The minimum atomic E-state index is -0.0658. The number of ketones is 1. The molecule has 0 fully saturated rings. The van der Waals surface area contributed by atoms with Gasteiger partial charge in [-0.25, -0.2) is 4.98 Å². The molecule has 6 nitrogen and oxygen atoms in total. The van der Waals surface area contributed by atoms with Crippen molar-refractivity contribution in [2.45, 2.75) is 44.0 Å². The van der Waals surface area contributed by atoms with Crippen LogP contribution < -0.4 is 15.0 Å². The van der Waals surface area contributed by atoms with E-state index in [0.29, 0.717) is 34.5 Å². The smallest absolute Gasteiger partial charge is 0.267 e. The lowest BCUT2D eigenvalue weighted by Crippen LogP contribution is -2.22. The average Bonchev–Trinajstić information content (AvgIpc) is 3.44. The molecule has 0 saturated carbocycles. The van der Waals surface area contributed by atoms with Gasteiger partial charge < -0.3 is 9.47 Å². The molecule has 8 heteroatoms. The molecule has 0 atom stereocenters. The molecule has 0 radical (unpaired) electrons. The van der Waals surface area contributed by atoms with Gasteiger partial charge in [-0.1, -0.05) is 23.9 Å². The Kier molecular flexibility index (Phi) is 6.67. The number of nitrogens with zero attached hydrogens (tertiary/aromatic N) is 2. The fourth-order valence-corrected chi connectivity index (χ4v) is 6.78. The molecule has 0 unspecified atom stereocenters. The lowest BCUT2D eigenvalue weighted by Gasteiger charge is -2.16. The van der Waals surface area contributed by atoms with E-state index >= 15 is 0 Å². The standard InChI is InChI=1S/C27H26N2O4S2/c1-4-33-21-13-12-17(16(2)30)14-18(21)15-34-27-28-25-24(19-8-7-11-23(19)35-25)26(31)29(27)20-9-5-6-10-22(20)32-3/h5-6,9-10,12-14H,4,7-8,11,15H2,1-3H3. The molecule has 180 valence electrons. The lowest BCUT2D eigenvalue weighted by atomic mass is 10.1. The Morgan fingerprint density at radius 2 is 2.00 bits per heavy atom. The molecule has 2 heterocycles. The van der Waals surface area contributed by atoms with Gasteiger partial charge in [-0.3, -0.25) is 14.2 Å². The monoisotopic (exact) mass is 506 g/mol. The Labute approximate surface area is 211 Å². The largest absolute Gasteiger partial charge is 0.495 e. The number of ether oxygens (including phenoxy) is 2. The Morgan fingerprint density at radius 3 is 2.77 bits per heavy atom. The van der Waals surface area contributed by atoms with Gasteiger partial charge in [0.2, 0.25) is 0 Å². The normalized spacial score (nSPS) is 12.7. The summed E-state index contributed by atoms with van der Waals surface area (Å²) in [4.78, 5) is 33.0. The summed E-state index contributed by atoms with van der Waals surface area (Å²) in [6.45, 7) is 4.01. The van der Waals surface area contributed by atoms with E-state index in [1.807, 2.05) is 43.3 Å². The second-order valence-electron chi connectivity index (χ2n) is 8.34. The number of hydrogen-bond acceptors (Lipinski definition) is 7. The van der Waals surface area contributed by atoms with Crippen LogP contribution in [0, 0.1) is 0 Å². The van der Waals surface area contributed by atoms with Crippen LogP contribution >= 0.6 is 23.1 Å². The quantitative estimate of drug-likeness (QED) is 0.170. The topological polar surface area (TPSA) is 70.4 Å². The first-order valence-corrected chi connectivity index (χ1v) is 13.4. The van der Waals surface area contributed by atoms with Crippen LogP contribution in [0.4, 0.5) is 0 Å². The summed E-state index contributed by atoms with van der Waals surface area (Å²) in [5.74, 6) is 1.83. The van der Waals surface area contributed by atoms with Gasteiger partial charge in [0.05, 0.1) is 24.8 Å². The molecule has 35 heavy (non-hydrogen) atoms. The lowest BCUT2D eigenvalue weighted by molar-refractivity contribution is 0.101. The van der Waals surface area contributed by atoms with Crippen molar-refractivity contribution in [3.63, 3.8) is 0 Å². The van der Waals surface area contributed by atoms with E-state index in [1.165, 1.54) is 16.6 Å². The molecule has 0 aliphatic heterocycles. The predicted molar refractivity (Wildman–Crippen MR) is 141 cm³/mol. The molecule has 2 aromatic carbocycles. The van der Waals surface area contributed by atoms with Crippen molar-refractivity contribution < 1.29 is 14.3 Å². The molecule has 0 spiro atoms. The number of carbonyl (C=O) groups excluding carboxylic acids is 1. The number of rotatable bonds is 8. The van der Waals surface area contributed by atoms with E-state index < -0.39 is 0 Å². The van der Waals surface area contributed by atoms with Crippen molar-refractivity contribution in [2.75, 3.05) is 13.7 Å². The highest BCUT2D eigenvalue weighted by Gasteiger charge is 2.25. The summed E-state index contributed by atoms with van der Waals surface area (Å²) in [6.07, 6.45) is 3.00. The second-order valence-corrected chi connectivity index (χ2v) is 10.4. The van der Waals surface area contributed by atoms with Crippen molar-refractivity contribution in [3.8, 4) is 17.2 Å². The number of para-hydroxylation sites is 2. The maximum Gasteiger partial charge on any atom is 0.267 e. The molecular formula is C27H26N2O4S2. The number of thioether (sulfide) groups is 1. The Bertz CT molecular complexity index is 1490. The first-order chi connectivity index (χ1) is 17.0. The third-order valence-electron chi connectivity index (χ3n) is 6.16. The number of fused-ring (bicyclic) bond motifs is 3. The number of hydrogen-bond donors (Lipinski definition) is 0. The van der Waals surface area contributed by atoms with Gasteiger partial charge in [-0.2, -0.15) is 0 Å². The van der Waals surface area contributed by atoms with Gasteiger partial charge in [0.1, 0.15) is 16.3 Å². The molecule has 0 bridgehead atoms. The summed E-state index contributed by atoms with van der Waals surface area (Å²) in [6, 6.07) is 13.0. The van der Waals surface area contributed by atoms with Crippen LogP contribution in [0.3, 0.4) is 0 Å². The van der Waals surface area contributed by atoms with Crippen LogP contribution in [0.5, 0.6) is 11.5 Å². The van der Waals surface area contributed by atoms with Crippen LogP contribution in [-0.2, 0) is 18.6 Å². The Hall–Kier alpha value is -3.10. The van der Waals surface area contributed by atoms with Gasteiger partial charge in [0.15, 0.2) is 10.9 Å². The van der Waals surface area contributed by atoms with Crippen molar-refractivity contribution in [3.05, 3.63) is 74.4 Å². The molecular weight excluding hydrogens is 480 g/mol. The van der Waals surface area contributed by atoms with Gasteiger partial charge in [0.25, 0.3) is 5.56 Å². The van der Waals surface area contributed by atoms with Crippen LogP contribution in [0.1, 0.15) is 46.6 Å². The Balaban J connectivity index is 1.65. The van der Waals surface area contributed by atoms with Crippen molar-refractivity contribution in [1.82, 2.24) is 9.55 Å². The van der Waals surface area contributed by atoms with Gasteiger partial charge in [-0.05, 0) is 69.0 Å². The zero-order valence-corrected chi connectivity index (χ0v) is 21.6. The number of Topliss-reactive ketones (excluding diaryl/α,β-unsaturated/α-hetero) is 1. The van der Waals surface area contributed by atoms with Gasteiger partial charge in [0, 0.05) is 21.8 Å². The molecule has 5 rings (SSSR count). The third-order valence-corrected chi connectivity index (χ3v) is 8.33. The molecule has 2 aromatic heterocycles. The first-order valence-electron chi connectivity index (χ1n) is 11.6. The molecule has 0 N–H and O–H groups in total. The maximum atomic E-state index is 14.0. The summed E-state index contributed by atoms with van der Waals surface area (Å²) in [5.41, 5.74) is 3.26. The number of thiophene rings is 1. The maximum absolute atomic E-state index is 14.0. The number of methoxy groups -OCH3 is 1. The minimum absolute atomic E-state index is 0.00197. The van der Waals surface area contributed by atoms with E-state index in [1.54, 1.807) is 36.0 Å². The highest BCUT2D eigenvalue weighted by atomic mass is 32.2. The number of aryl methyl sites for hydroxylation is 2. The predicted octanol–water partition coefficient (Wildman–Crippen LogP) is 5.84. The van der Waals surface area contributed by atoms with E-state index in [-0.39, 0.29) is 11.3 Å². The summed E-state index contributed by atoms with van der Waals surface area (Å²) in [7, 11) is 1.60. The molecule has 0 saturated heterocycles. The minimum Gasteiger partial charge on any atom is -0.495 e. The Morgan fingerprint density at radius 1 is 1.17 bits per heavy atom. The van der Waals surface area contributed by atoms with Crippen LogP contribution in [0.25, 0.3) is 15.9 Å². The molecule has 0 amide bonds. The molecule has 1 aliphatic rings. The molecule has 4 aromatic rings. The van der Waals surface area contributed by atoms with Gasteiger partial charge in [-0.15, -0.1) is 11.3 Å². The van der Waals surface area contributed by atoms with E-state index in [2.05, 4.69) is 0 Å². The van der Waals surface area contributed by atoms with Crippen molar-refractivity contribution in [2.24, 2.45) is 0 Å². The highest BCUT2D eigenvalue weighted by molar-refractivity contribution is 7.98.